The fraction of sp³-hybridized carbons (Fsp3) is 0.400. The lowest BCUT2D eigenvalue weighted by Crippen LogP contribution is -2.06. The van der Waals surface area contributed by atoms with Crippen molar-refractivity contribution in [3.63, 3.8) is 0 Å². The Bertz CT molecular complexity index is 602. The van der Waals surface area contributed by atoms with E-state index in [4.69, 9.17) is 4.74 Å². The van der Waals surface area contributed by atoms with Crippen molar-refractivity contribution in [1.82, 2.24) is 0 Å². The summed E-state index contributed by atoms with van der Waals surface area (Å²) < 4.78 is 33.7. The molecule has 0 spiro atoms. The molecule has 0 aliphatic heterocycles. The van der Waals surface area contributed by atoms with Crippen LogP contribution >= 0.6 is 0 Å². The first-order chi connectivity index (χ1) is 11.2. The van der Waals surface area contributed by atoms with Crippen molar-refractivity contribution in [2.24, 2.45) is 5.92 Å². The van der Waals surface area contributed by atoms with Crippen LogP contribution in [0.2, 0.25) is 0 Å². The van der Waals surface area contributed by atoms with Gasteiger partial charge in [-0.3, -0.25) is 0 Å². The largest absolute Gasteiger partial charge is 0.373 e. The maximum absolute atomic E-state index is 14.4. The first-order valence-electron chi connectivity index (χ1n) is 8.19. The van der Waals surface area contributed by atoms with Crippen molar-refractivity contribution in [3.8, 4) is 0 Å². The second kappa shape index (κ2) is 8.78. The molecule has 0 saturated heterocycles. The minimum Gasteiger partial charge on any atom is -0.373 e. The van der Waals surface area contributed by atoms with Gasteiger partial charge >= 0.3 is 0 Å². The molecule has 1 nitrogen and oxygen atoms in total. The first-order valence-corrected chi connectivity index (χ1v) is 8.19. The van der Waals surface area contributed by atoms with Crippen LogP contribution in [0.15, 0.2) is 43.0 Å². The summed E-state index contributed by atoms with van der Waals surface area (Å²) in [5.41, 5.74) is 1.53. The number of ether oxygens (including phenoxy) is 1. The molecule has 0 amide bonds. The fourth-order valence-corrected chi connectivity index (χ4v) is 2.80. The fourth-order valence-electron chi connectivity index (χ4n) is 2.80. The van der Waals surface area contributed by atoms with Gasteiger partial charge in [0.1, 0.15) is 0 Å². The summed E-state index contributed by atoms with van der Waals surface area (Å²) in [7, 11) is 0. The molecule has 0 heterocycles. The summed E-state index contributed by atoms with van der Waals surface area (Å²) in [5.74, 6) is -1.06. The molecule has 0 fully saturated rings. The molecular weight excluding hydrogens is 294 g/mol. The number of rotatable bonds is 7. The van der Waals surface area contributed by atoms with E-state index < -0.39 is 11.6 Å². The molecule has 0 radical (unpaired) electrons. The van der Waals surface area contributed by atoms with Crippen LogP contribution in [0.25, 0.3) is 5.57 Å². The maximum atomic E-state index is 14.4. The Morgan fingerprint density at radius 1 is 1.30 bits per heavy atom. The van der Waals surface area contributed by atoms with E-state index >= 15 is 0 Å². The van der Waals surface area contributed by atoms with E-state index in [0.717, 1.165) is 31.3 Å². The van der Waals surface area contributed by atoms with Gasteiger partial charge in [-0.25, -0.2) is 8.78 Å². The molecule has 0 aromatic heterocycles. The third-order valence-corrected chi connectivity index (χ3v) is 4.10. The third-order valence-electron chi connectivity index (χ3n) is 4.10. The molecule has 3 heteroatoms. The SMILES string of the molecule is C=CCOCc1ccc(C2=CCC(/C=C/CC)CC2)c(F)c1F. The highest BCUT2D eigenvalue weighted by Gasteiger charge is 2.19. The molecule has 1 atom stereocenters. The van der Waals surface area contributed by atoms with Crippen LogP contribution in [0, 0.1) is 17.6 Å². The van der Waals surface area contributed by atoms with Crippen LogP contribution in [0.1, 0.15) is 43.7 Å². The zero-order chi connectivity index (χ0) is 16.7. The van der Waals surface area contributed by atoms with Crippen molar-refractivity contribution in [3.05, 3.63) is 65.8 Å². The molecule has 1 aromatic rings. The maximum Gasteiger partial charge on any atom is 0.166 e. The number of benzene rings is 1. The van der Waals surface area contributed by atoms with E-state index in [1.54, 1.807) is 18.2 Å². The van der Waals surface area contributed by atoms with Crippen LogP contribution in [0.4, 0.5) is 8.78 Å². The monoisotopic (exact) mass is 318 g/mol. The van der Waals surface area contributed by atoms with Crippen molar-refractivity contribution in [2.75, 3.05) is 6.61 Å². The van der Waals surface area contributed by atoms with Gasteiger partial charge in [0, 0.05) is 11.1 Å². The second-order valence-corrected chi connectivity index (χ2v) is 5.80. The van der Waals surface area contributed by atoms with Crippen molar-refractivity contribution in [2.45, 2.75) is 39.2 Å². The van der Waals surface area contributed by atoms with Gasteiger partial charge in [0.05, 0.1) is 13.2 Å². The molecule has 1 aromatic carbocycles. The van der Waals surface area contributed by atoms with E-state index in [0.29, 0.717) is 18.1 Å². The number of halogens is 2. The van der Waals surface area contributed by atoms with Gasteiger partial charge in [-0.15, -0.1) is 6.58 Å². The molecule has 23 heavy (non-hydrogen) atoms. The Hall–Kier alpha value is -1.74. The zero-order valence-electron chi connectivity index (χ0n) is 13.7. The lowest BCUT2D eigenvalue weighted by Gasteiger charge is -2.20. The quantitative estimate of drug-likeness (QED) is 0.455. The van der Waals surface area contributed by atoms with Crippen LogP contribution < -0.4 is 0 Å². The molecule has 1 unspecified atom stereocenters. The predicted octanol–water partition coefficient (Wildman–Crippen LogP) is 5.82. The molecule has 0 saturated carbocycles. The van der Waals surface area contributed by atoms with E-state index in [9.17, 15) is 8.78 Å². The Kier molecular flexibility index (Phi) is 6.72. The summed E-state index contributed by atoms with van der Waals surface area (Å²) in [6, 6.07) is 3.28. The molecule has 0 N–H and O–H groups in total. The highest BCUT2D eigenvalue weighted by molar-refractivity contribution is 5.67. The van der Waals surface area contributed by atoms with Crippen molar-refractivity contribution >= 4 is 5.57 Å². The normalized spacial score (nSPS) is 18.2. The van der Waals surface area contributed by atoms with Crippen LogP contribution in [-0.2, 0) is 11.3 Å². The smallest absolute Gasteiger partial charge is 0.166 e. The Morgan fingerprint density at radius 3 is 2.78 bits per heavy atom. The van der Waals surface area contributed by atoms with Gasteiger partial charge in [-0.05, 0) is 37.2 Å². The lowest BCUT2D eigenvalue weighted by atomic mass is 9.86. The molecule has 1 aliphatic carbocycles. The molecule has 2 rings (SSSR count). The van der Waals surface area contributed by atoms with Gasteiger partial charge in [-0.2, -0.15) is 0 Å². The third kappa shape index (κ3) is 4.61. The van der Waals surface area contributed by atoms with Crippen LogP contribution in [0.3, 0.4) is 0 Å². The summed E-state index contributed by atoms with van der Waals surface area (Å²) >= 11 is 0. The average molecular weight is 318 g/mol. The van der Waals surface area contributed by atoms with Gasteiger partial charge < -0.3 is 4.74 Å². The summed E-state index contributed by atoms with van der Waals surface area (Å²) in [5, 5.41) is 0. The minimum atomic E-state index is -0.805. The zero-order valence-corrected chi connectivity index (χ0v) is 13.7. The van der Waals surface area contributed by atoms with Crippen LogP contribution in [-0.4, -0.2) is 6.61 Å². The number of hydrogen-bond donors (Lipinski definition) is 0. The Labute approximate surface area is 137 Å². The van der Waals surface area contributed by atoms with E-state index in [1.165, 1.54) is 0 Å². The highest BCUT2D eigenvalue weighted by Crippen LogP contribution is 2.33. The van der Waals surface area contributed by atoms with Crippen LogP contribution in [0.5, 0.6) is 0 Å². The van der Waals surface area contributed by atoms with Crippen molar-refractivity contribution in [1.29, 1.82) is 0 Å². The standard InChI is InChI=1S/C20H24F2O/c1-3-5-6-15-7-9-16(10-8-15)18-12-11-17(14-23-13-4-2)19(21)20(18)22/h4-6,9,11-12,15H,2-3,7-8,10,13-14H2,1H3/b6-5+. The Morgan fingerprint density at radius 2 is 2.13 bits per heavy atom. The minimum absolute atomic E-state index is 0.0536. The van der Waals surface area contributed by atoms with Gasteiger partial charge in [0.15, 0.2) is 11.6 Å². The first kappa shape index (κ1) is 17.6. The van der Waals surface area contributed by atoms with E-state index in [2.05, 4.69) is 25.7 Å². The van der Waals surface area contributed by atoms with Gasteiger partial charge in [0.25, 0.3) is 0 Å². The predicted molar refractivity (Wildman–Crippen MR) is 91.0 cm³/mol. The molecule has 1 aliphatic rings. The molecular formula is C20H24F2O. The van der Waals surface area contributed by atoms with Gasteiger partial charge in [0.2, 0.25) is 0 Å². The molecule has 124 valence electrons. The summed E-state index contributed by atoms with van der Waals surface area (Å²) in [6.07, 6.45) is 11.7. The van der Waals surface area contributed by atoms with E-state index in [-0.39, 0.29) is 12.2 Å². The number of allylic oxidation sites excluding steroid dienone is 4. The summed E-state index contributed by atoms with van der Waals surface area (Å²) in [4.78, 5) is 0. The summed E-state index contributed by atoms with van der Waals surface area (Å²) in [6.45, 7) is 6.01. The molecule has 0 bridgehead atoms. The lowest BCUT2D eigenvalue weighted by molar-refractivity contribution is 0.145. The highest BCUT2D eigenvalue weighted by atomic mass is 19.2. The number of hydrogen-bond acceptors (Lipinski definition) is 1. The Balaban J connectivity index is 2.12. The second-order valence-electron chi connectivity index (χ2n) is 5.80. The van der Waals surface area contributed by atoms with E-state index in [1.807, 2.05) is 6.08 Å². The van der Waals surface area contributed by atoms with Gasteiger partial charge in [-0.1, -0.05) is 43.4 Å². The average Bonchev–Trinajstić information content (AvgIpc) is 2.58. The van der Waals surface area contributed by atoms with Crippen molar-refractivity contribution < 1.29 is 13.5 Å². The topological polar surface area (TPSA) is 9.23 Å².